The van der Waals surface area contributed by atoms with Gasteiger partial charge in [0.15, 0.2) is 0 Å². The fraction of sp³-hybridized carbons (Fsp3) is 0.429. The van der Waals surface area contributed by atoms with Crippen LogP contribution in [0.4, 0.5) is 0 Å². The van der Waals surface area contributed by atoms with Gasteiger partial charge in [-0.25, -0.2) is 4.98 Å². The lowest BCUT2D eigenvalue weighted by Crippen LogP contribution is -2.35. The van der Waals surface area contributed by atoms with Crippen molar-refractivity contribution in [2.45, 2.75) is 34.2 Å². The van der Waals surface area contributed by atoms with Crippen molar-refractivity contribution in [3.8, 4) is 0 Å². The van der Waals surface area contributed by atoms with E-state index in [-0.39, 0.29) is 12.1 Å². The van der Waals surface area contributed by atoms with Crippen molar-refractivity contribution in [2.75, 3.05) is 0 Å². The van der Waals surface area contributed by atoms with Crippen LogP contribution in [0.1, 0.15) is 34.9 Å². The Bertz CT molecular complexity index is 848. The van der Waals surface area contributed by atoms with Crippen LogP contribution in [0.5, 0.6) is 0 Å². The molecular weight excluding hydrogens is 306 g/mol. The van der Waals surface area contributed by atoms with Gasteiger partial charge >= 0.3 is 5.97 Å². The van der Waals surface area contributed by atoms with Crippen molar-refractivity contribution in [3.63, 3.8) is 0 Å². The Labute approximate surface area is 130 Å². The van der Waals surface area contributed by atoms with E-state index in [2.05, 4.69) is 4.98 Å². The highest BCUT2D eigenvalue weighted by atomic mass is 32.1. The van der Waals surface area contributed by atoms with Crippen molar-refractivity contribution >= 4 is 33.4 Å². The van der Waals surface area contributed by atoms with E-state index in [0.29, 0.717) is 26.5 Å². The number of rotatable bonds is 4. The summed E-state index contributed by atoms with van der Waals surface area (Å²) in [5.74, 6) is -1.20. The molecular formula is C14H17N3O4S. The van der Waals surface area contributed by atoms with Gasteiger partial charge in [-0.2, -0.15) is 0 Å². The van der Waals surface area contributed by atoms with Crippen LogP contribution in [-0.4, -0.2) is 26.5 Å². The van der Waals surface area contributed by atoms with Crippen molar-refractivity contribution in [3.05, 3.63) is 26.6 Å². The third-order valence-corrected chi connectivity index (χ3v) is 4.80. The molecule has 22 heavy (non-hydrogen) atoms. The number of carboxylic acid groups (broad SMARTS) is 1. The number of nitrogens with zero attached hydrogens (tertiary/aromatic N) is 2. The number of primary amides is 1. The molecule has 0 bridgehead atoms. The number of carbonyl (C=O) groups is 2. The Morgan fingerprint density at radius 3 is 2.45 bits per heavy atom. The zero-order chi connectivity index (χ0) is 16.8. The molecule has 0 aliphatic heterocycles. The maximum Gasteiger partial charge on any atom is 0.310 e. The summed E-state index contributed by atoms with van der Waals surface area (Å²) in [5.41, 5.74) is 4.34. The molecule has 2 aromatic heterocycles. The van der Waals surface area contributed by atoms with Gasteiger partial charge < -0.3 is 10.8 Å². The SMILES string of the molecule is Cc1c(C(N)=O)sc2nc(C)n(CC(C)(C)C(=O)O)c(=O)c12. The third-order valence-electron chi connectivity index (χ3n) is 3.60. The molecule has 7 nitrogen and oxygen atoms in total. The summed E-state index contributed by atoms with van der Waals surface area (Å²) in [5, 5.41) is 9.56. The predicted octanol–water partition coefficient (Wildman–Crippen LogP) is 1.28. The minimum absolute atomic E-state index is 0.00285. The van der Waals surface area contributed by atoms with Crippen molar-refractivity contribution in [1.82, 2.24) is 9.55 Å². The summed E-state index contributed by atoms with van der Waals surface area (Å²) in [6.45, 7) is 6.36. The molecule has 3 N–H and O–H groups in total. The lowest BCUT2D eigenvalue weighted by atomic mass is 9.93. The average molecular weight is 323 g/mol. The summed E-state index contributed by atoms with van der Waals surface area (Å²) in [6, 6.07) is 0. The second kappa shape index (κ2) is 5.20. The van der Waals surface area contributed by atoms with E-state index in [1.54, 1.807) is 27.7 Å². The van der Waals surface area contributed by atoms with E-state index in [9.17, 15) is 19.5 Å². The molecule has 2 aromatic rings. The number of carboxylic acids is 1. The molecule has 0 aromatic carbocycles. The Morgan fingerprint density at radius 2 is 1.95 bits per heavy atom. The summed E-state index contributed by atoms with van der Waals surface area (Å²) < 4.78 is 1.33. The minimum atomic E-state index is -1.11. The molecule has 0 spiro atoms. The second-order valence-corrected chi connectivity index (χ2v) is 6.84. The summed E-state index contributed by atoms with van der Waals surface area (Å²) in [6.07, 6.45) is 0. The number of aliphatic carboxylic acids is 1. The van der Waals surface area contributed by atoms with Crippen LogP contribution in [0, 0.1) is 19.3 Å². The minimum Gasteiger partial charge on any atom is -0.481 e. The van der Waals surface area contributed by atoms with Gasteiger partial charge in [0.25, 0.3) is 11.5 Å². The molecule has 118 valence electrons. The van der Waals surface area contributed by atoms with Crippen LogP contribution in [-0.2, 0) is 11.3 Å². The summed E-state index contributed by atoms with van der Waals surface area (Å²) in [4.78, 5) is 40.4. The van der Waals surface area contributed by atoms with Gasteiger partial charge in [0, 0.05) is 6.54 Å². The van der Waals surface area contributed by atoms with Gasteiger partial charge in [0.1, 0.15) is 10.7 Å². The highest BCUT2D eigenvalue weighted by Gasteiger charge is 2.30. The first kappa shape index (κ1) is 16.2. The molecule has 2 rings (SSSR count). The highest BCUT2D eigenvalue weighted by molar-refractivity contribution is 7.20. The molecule has 0 saturated carbocycles. The van der Waals surface area contributed by atoms with Crippen LogP contribution >= 0.6 is 11.3 Å². The first-order valence-corrected chi connectivity index (χ1v) is 7.41. The van der Waals surface area contributed by atoms with Gasteiger partial charge in [0.05, 0.1) is 15.7 Å². The number of nitrogens with two attached hydrogens (primary N) is 1. The predicted molar refractivity (Wildman–Crippen MR) is 83.3 cm³/mol. The van der Waals surface area contributed by atoms with E-state index in [1.807, 2.05) is 0 Å². The van der Waals surface area contributed by atoms with E-state index >= 15 is 0 Å². The number of aryl methyl sites for hydroxylation is 2. The molecule has 0 aliphatic carbocycles. The Balaban J connectivity index is 2.73. The van der Waals surface area contributed by atoms with Crippen LogP contribution in [0.2, 0.25) is 0 Å². The van der Waals surface area contributed by atoms with E-state index in [1.165, 1.54) is 4.57 Å². The zero-order valence-corrected chi connectivity index (χ0v) is 13.6. The first-order valence-electron chi connectivity index (χ1n) is 6.60. The van der Waals surface area contributed by atoms with E-state index < -0.39 is 17.3 Å². The molecule has 0 fully saturated rings. The molecule has 1 amide bonds. The Kier molecular flexibility index (Phi) is 3.82. The normalized spacial score (nSPS) is 11.8. The summed E-state index contributed by atoms with van der Waals surface area (Å²) >= 11 is 1.08. The van der Waals surface area contributed by atoms with Gasteiger partial charge in [0.2, 0.25) is 0 Å². The molecule has 0 atom stereocenters. The number of carbonyl (C=O) groups excluding carboxylic acids is 1. The summed E-state index contributed by atoms with van der Waals surface area (Å²) in [7, 11) is 0. The number of hydrogen-bond donors (Lipinski definition) is 2. The molecule has 8 heteroatoms. The topological polar surface area (TPSA) is 115 Å². The largest absolute Gasteiger partial charge is 0.481 e. The average Bonchev–Trinajstić information content (AvgIpc) is 2.71. The number of fused-ring (bicyclic) bond motifs is 1. The highest BCUT2D eigenvalue weighted by Crippen LogP contribution is 2.27. The number of thiophene rings is 1. The van der Waals surface area contributed by atoms with Crippen molar-refractivity contribution < 1.29 is 14.7 Å². The van der Waals surface area contributed by atoms with Crippen LogP contribution < -0.4 is 11.3 Å². The molecule has 0 saturated heterocycles. The van der Waals surface area contributed by atoms with Crippen LogP contribution in [0.25, 0.3) is 10.2 Å². The molecule has 2 heterocycles. The van der Waals surface area contributed by atoms with Gasteiger partial charge in [-0.15, -0.1) is 11.3 Å². The number of amides is 1. The van der Waals surface area contributed by atoms with Crippen molar-refractivity contribution in [2.24, 2.45) is 11.1 Å². The van der Waals surface area contributed by atoms with Crippen molar-refractivity contribution in [1.29, 1.82) is 0 Å². The molecule has 0 radical (unpaired) electrons. The second-order valence-electron chi connectivity index (χ2n) is 5.84. The van der Waals surface area contributed by atoms with Gasteiger partial charge in [-0.3, -0.25) is 19.0 Å². The Morgan fingerprint density at radius 1 is 1.36 bits per heavy atom. The zero-order valence-electron chi connectivity index (χ0n) is 12.8. The smallest absolute Gasteiger partial charge is 0.310 e. The third kappa shape index (κ3) is 2.50. The Hall–Kier alpha value is -2.22. The monoisotopic (exact) mass is 323 g/mol. The fourth-order valence-electron chi connectivity index (χ4n) is 2.20. The van der Waals surface area contributed by atoms with Gasteiger partial charge in [-0.05, 0) is 33.3 Å². The lowest BCUT2D eigenvalue weighted by molar-refractivity contribution is -0.147. The van der Waals surface area contributed by atoms with E-state index in [4.69, 9.17) is 5.73 Å². The lowest BCUT2D eigenvalue weighted by Gasteiger charge is -2.21. The standard InChI is InChI=1S/C14H17N3O4S/c1-6-8-11(22-9(6)10(15)18)16-7(2)17(12(8)19)5-14(3,4)13(20)21/h5H2,1-4H3,(H2,15,18)(H,20,21). The molecule has 0 unspecified atom stereocenters. The quantitative estimate of drug-likeness (QED) is 0.879. The van der Waals surface area contributed by atoms with Crippen LogP contribution in [0.15, 0.2) is 4.79 Å². The van der Waals surface area contributed by atoms with Crippen LogP contribution in [0.3, 0.4) is 0 Å². The first-order chi connectivity index (χ1) is 10.1. The maximum absolute atomic E-state index is 12.7. The number of hydrogen-bond acceptors (Lipinski definition) is 5. The maximum atomic E-state index is 12.7. The fourth-order valence-corrected chi connectivity index (χ4v) is 3.27. The van der Waals surface area contributed by atoms with Gasteiger partial charge in [-0.1, -0.05) is 0 Å². The molecule has 0 aliphatic rings. The number of aromatic nitrogens is 2. The van der Waals surface area contributed by atoms with E-state index in [0.717, 1.165) is 11.3 Å².